The second kappa shape index (κ2) is 5.99. The van der Waals surface area contributed by atoms with E-state index in [0.717, 1.165) is 9.58 Å². The summed E-state index contributed by atoms with van der Waals surface area (Å²) in [5.41, 5.74) is 0.499. The molecule has 0 aliphatic carbocycles. The van der Waals surface area contributed by atoms with Crippen LogP contribution in [0.5, 0.6) is 0 Å². The monoisotopic (exact) mass is 349 g/mol. The van der Waals surface area contributed by atoms with Crippen LogP contribution in [0, 0.1) is 5.82 Å². The molecule has 8 nitrogen and oxygen atoms in total. The number of nitrogens with zero attached hydrogens (tertiary/aromatic N) is 4. The van der Waals surface area contributed by atoms with Crippen molar-refractivity contribution in [1.29, 1.82) is 0 Å². The van der Waals surface area contributed by atoms with Crippen LogP contribution in [0.3, 0.4) is 0 Å². The molecule has 9 heteroatoms. The molecular formula is C16H19FN6O2. The lowest BCUT2D eigenvalue weighted by Crippen LogP contribution is -2.49. The molecule has 3 amide bonds. The number of anilines is 2. The topological polar surface area (TPSA) is 82.5 Å². The molecule has 1 aromatic carbocycles. The van der Waals surface area contributed by atoms with E-state index < -0.39 is 24.7 Å². The van der Waals surface area contributed by atoms with Crippen LogP contribution in [0.25, 0.3) is 10.9 Å². The molecule has 0 radical (unpaired) electrons. The van der Waals surface area contributed by atoms with Crippen LogP contribution in [-0.4, -0.2) is 54.4 Å². The van der Waals surface area contributed by atoms with Gasteiger partial charge in [-0.2, -0.15) is 5.10 Å². The van der Waals surface area contributed by atoms with Crippen molar-refractivity contribution in [3.63, 3.8) is 0 Å². The SMILES string of the molecule is [2H]C([2H])([2H])n1nc(N2CCC(=O)NC2=O)c2cc(F)c(N3CCNCC3)cc21. The summed E-state index contributed by atoms with van der Waals surface area (Å²) in [6.45, 7) is 0.00418. The second-order valence-electron chi connectivity index (χ2n) is 6.05. The van der Waals surface area contributed by atoms with Crippen LogP contribution in [0.1, 0.15) is 10.5 Å². The Morgan fingerprint density at radius 2 is 2.04 bits per heavy atom. The molecule has 1 aromatic heterocycles. The van der Waals surface area contributed by atoms with Crippen LogP contribution < -0.4 is 20.4 Å². The number of hydrogen-bond acceptors (Lipinski definition) is 5. The van der Waals surface area contributed by atoms with Gasteiger partial charge in [-0.3, -0.25) is 19.7 Å². The number of rotatable bonds is 2. The Kier molecular flexibility index (Phi) is 3.03. The predicted octanol–water partition coefficient (Wildman–Crippen LogP) is 0.568. The van der Waals surface area contributed by atoms with Gasteiger partial charge < -0.3 is 10.2 Å². The van der Waals surface area contributed by atoms with E-state index in [1.54, 1.807) is 0 Å². The Morgan fingerprint density at radius 3 is 2.76 bits per heavy atom. The molecule has 2 aromatic rings. The molecule has 0 bridgehead atoms. The number of hydrogen-bond donors (Lipinski definition) is 2. The molecule has 2 saturated heterocycles. The van der Waals surface area contributed by atoms with Crippen molar-refractivity contribution in [2.75, 3.05) is 42.5 Å². The molecule has 3 heterocycles. The third-order valence-electron chi connectivity index (χ3n) is 4.50. The first kappa shape index (κ1) is 12.6. The first-order valence-electron chi connectivity index (χ1n) is 9.55. The van der Waals surface area contributed by atoms with Gasteiger partial charge in [-0.15, -0.1) is 0 Å². The van der Waals surface area contributed by atoms with Crippen molar-refractivity contribution in [2.24, 2.45) is 6.98 Å². The van der Waals surface area contributed by atoms with E-state index in [-0.39, 0.29) is 29.7 Å². The Balaban J connectivity index is 1.86. The minimum atomic E-state index is -2.61. The fourth-order valence-corrected chi connectivity index (χ4v) is 3.22. The zero-order chi connectivity index (χ0) is 20.1. The Hall–Kier alpha value is -2.68. The summed E-state index contributed by atoms with van der Waals surface area (Å²) in [5, 5.41) is 9.65. The van der Waals surface area contributed by atoms with Crippen LogP contribution in [-0.2, 0) is 11.8 Å². The van der Waals surface area contributed by atoms with Gasteiger partial charge in [0.05, 0.1) is 11.2 Å². The molecule has 2 fully saturated rings. The number of nitrogens with one attached hydrogen (secondary N) is 2. The van der Waals surface area contributed by atoms with Crippen LogP contribution in [0.4, 0.5) is 20.7 Å². The zero-order valence-electron chi connectivity index (χ0n) is 16.4. The number of aromatic nitrogens is 2. The third-order valence-corrected chi connectivity index (χ3v) is 4.50. The molecule has 0 unspecified atom stereocenters. The quantitative estimate of drug-likeness (QED) is 0.828. The minimum absolute atomic E-state index is 0.0156. The number of halogens is 1. The molecule has 132 valence electrons. The number of piperazine rings is 1. The Morgan fingerprint density at radius 1 is 1.24 bits per heavy atom. The highest BCUT2D eigenvalue weighted by atomic mass is 19.1. The maximum atomic E-state index is 14.9. The zero-order valence-corrected chi connectivity index (χ0v) is 13.4. The highest BCUT2D eigenvalue weighted by Gasteiger charge is 2.29. The van der Waals surface area contributed by atoms with E-state index in [1.165, 1.54) is 12.1 Å². The van der Waals surface area contributed by atoms with Crippen molar-refractivity contribution >= 4 is 34.3 Å². The number of aryl methyl sites for hydroxylation is 1. The summed E-state index contributed by atoms with van der Waals surface area (Å²) in [6, 6.07) is 1.97. The van der Waals surface area contributed by atoms with Crippen molar-refractivity contribution in [1.82, 2.24) is 20.4 Å². The molecule has 0 saturated carbocycles. The molecule has 25 heavy (non-hydrogen) atoms. The van der Waals surface area contributed by atoms with Gasteiger partial charge in [-0.1, -0.05) is 0 Å². The average molecular weight is 349 g/mol. The van der Waals surface area contributed by atoms with Crippen molar-refractivity contribution < 1.29 is 18.1 Å². The van der Waals surface area contributed by atoms with E-state index in [0.29, 0.717) is 31.9 Å². The fourth-order valence-electron chi connectivity index (χ4n) is 3.22. The van der Waals surface area contributed by atoms with Crippen LogP contribution in [0.15, 0.2) is 12.1 Å². The summed E-state index contributed by atoms with van der Waals surface area (Å²) >= 11 is 0. The maximum absolute atomic E-state index is 14.9. The third kappa shape index (κ3) is 2.70. The number of amides is 3. The van der Waals surface area contributed by atoms with E-state index in [2.05, 4.69) is 15.7 Å². The van der Waals surface area contributed by atoms with Gasteiger partial charge in [0, 0.05) is 55.6 Å². The number of benzene rings is 1. The van der Waals surface area contributed by atoms with Gasteiger partial charge in [-0.25, -0.2) is 9.18 Å². The summed E-state index contributed by atoms with van der Waals surface area (Å²) < 4.78 is 39.1. The summed E-state index contributed by atoms with van der Waals surface area (Å²) in [6.07, 6.45) is 0.0508. The van der Waals surface area contributed by atoms with Gasteiger partial charge >= 0.3 is 6.03 Å². The smallest absolute Gasteiger partial charge is 0.329 e. The first-order chi connectivity index (χ1) is 13.3. The molecular weight excluding hydrogens is 327 g/mol. The van der Waals surface area contributed by atoms with Gasteiger partial charge in [0.15, 0.2) is 5.82 Å². The van der Waals surface area contributed by atoms with Gasteiger partial charge in [0.25, 0.3) is 0 Å². The molecule has 0 spiro atoms. The molecule has 2 N–H and O–H groups in total. The number of fused-ring (bicyclic) bond motifs is 1. The molecule has 0 atom stereocenters. The maximum Gasteiger partial charge on any atom is 0.329 e. The average Bonchev–Trinajstić information content (AvgIpc) is 3.00. The second-order valence-corrected chi connectivity index (χ2v) is 6.05. The summed E-state index contributed by atoms with van der Waals surface area (Å²) in [4.78, 5) is 26.6. The predicted molar refractivity (Wildman–Crippen MR) is 91.3 cm³/mol. The van der Waals surface area contributed by atoms with Gasteiger partial charge in [0.2, 0.25) is 5.91 Å². The molecule has 2 aliphatic rings. The van der Waals surface area contributed by atoms with E-state index in [1.807, 2.05) is 4.90 Å². The van der Waals surface area contributed by atoms with Gasteiger partial charge in [-0.05, 0) is 12.1 Å². The van der Waals surface area contributed by atoms with Crippen molar-refractivity contribution in [2.45, 2.75) is 6.42 Å². The first-order valence-corrected chi connectivity index (χ1v) is 8.05. The molecule has 2 aliphatic heterocycles. The van der Waals surface area contributed by atoms with E-state index >= 15 is 0 Å². The Labute approximate surface area is 147 Å². The summed E-state index contributed by atoms with van der Waals surface area (Å²) in [5.74, 6) is -0.927. The number of imide groups is 1. The lowest BCUT2D eigenvalue weighted by Gasteiger charge is -2.29. The lowest BCUT2D eigenvalue weighted by atomic mass is 10.1. The van der Waals surface area contributed by atoms with Crippen molar-refractivity contribution in [3.05, 3.63) is 17.9 Å². The highest BCUT2D eigenvalue weighted by Crippen LogP contribution is 2.32. The minimum Gasteiger partial charge on any atom is -0.367 e. The lowest BCUT2D eigenvalue weighted by molar-refractivity contribution is -0.120. The Bertz CT molecular complexity index is 954. The van der Waals surface area contributed by atoms with E-state index in [4.69, 9.17) is 4.11 Å². The standard InChI is InChI=1S/C16H19FN6O2/c1-21-12-9-13(22-6-3-18-4-7-22)11(17)8-10(12)15(20-21)23-5-2-14(24)19-16(23)25/h8-9,18H,2-7H2,1H3,(H,19,24,25)/i1D3. The largest absolute Gasteiger partial charge is 0.367 e. The van der Waals surface area contributed by atoms with Crippen LogP contribution in [0.2, 0.25) is 0 Å². The number of carbonyl (C=O) groups excluding carboxylic acids is 2. The number of carbonyl (C=O) groups is 2. The summed E-state index contributed by atoms with van der Waals surface area (Å²) in [7, 11) is 0. The van der Waals surface area contributed by atoms with E-state index in [9.17, 15) is 14.0 Å². The molecule has 4 rings (SSSR count). The highest BCUT2D eigenvalue weighted by molar-refractivity contribution is 6.09. The van der Waals surface area contributed by atoms with Crippen LogP contribution >= 0.6 is 0 Å². The normalized spacial score (nSPS) is 21.1. The van der Waals surface area contributed by atoms with Gasteiger partial charge in [0.1, 0.15) is 5.82 Å². The number of urea groups is 1. The fraction of sp³-hybridized carbons (Fsp3) is 0.438. The van der Waals surface area contributed by atoms with Crippen molar-refractivity contribution in [3.8, 4) is 0 Å².